The fraction of sp³-hybridized carbons (Fsp3) is 0.417. The van der Waals surface area contributed by atoms with Crippen LogP contribution in [-0.4, -0.2) is 34.6 Å². The van der Waals surface area contributed by atoms with Crippen molar-refractivity contribution in [3.8, 4) is 0 Å². The Labute approximate surface area is 188 Å². The minimum Gasteiger partial charge on any atom is -0.352 e. The minimum absolute atomic E-state index is 0.0278. The van der Waals surface area contributed by atoms with Crippen LogP contribution in [0.25, 0.3) is 0 Å². The summed E-state index contributed by atoms with van der Waals surface area (Å²) in [7, 11) is 0. The van der Waals surface area contributed by atoms with Crippen LogP contribution in [0, 0.1) is 0 Å². The number of halogens is 1. The molecule has 0 radical (unpaired) electrons. The maximum atomic E-state index is 13.1. The van der Waals surface area contributed by atoms with Gasteiger partial charge in [0.25, 0.3) is 0 Å². The monoisotopic (exact) mass is 444 g/mol. The van der Waals surface area contributed by atoms with Crippen LogP contribution < -0.4 is 5.32 Å². The summed E-state index contributed by atoms with van der Waals surface area (Å²) >= 11 is 7.59. The normalized spacial score (nSPS) is 15.0. The van der Waals surface area contributed by atoms with E-state index in [0.717, 1.165) is 36.8 Å². The summed E-state index contributed by atoms with van der Waals surface area (Å²) in [4.78, 5) is 27.6. The fourth-order valence-corrected chi connectivity index (χ4v) is 4.79. The SMILES string of the molecule is CC(C(=O)NC1CCCC1)N(Cc1ccccc1)C(=O)CSCc1cccc(Cl)c1. The Kier molecular flexibility index (Phi) is 8.64. The molecule has 2 amide bonds. The molecule has 2 aromatic carbocycles. The number of hydrogen-bond acceptors (Lipinski definition) is 3. The van der Waals surface area contributed by atoms with Gasteiger partial charge >= 0.3 is 0 Å². The third kappa shape index (κ3) is 6.78. The lowest BCUT2D eigenvalue weighted by atomic mass is 10.1. The number of hydrogen-bond donors (Lipinski definition) is 1. The number of benzene rings is 2. The third-order valence-corrected chi connectivity index (χ3v) is 6.67. The van der Waals surface area contributed by atoms with Crippen LogP contribution in [0.5, 0.6) is 0 Å². The highest BCUT2D eigenvalue weighted by molar-refractivity contribution is 7.99. The molecule has 1 N–H and O–H groups in total. The van der Waals surface area contributed by atoms with E-state index in [4.69, 9.17) is 11.6 Å². The van der Waals surface area contributed by atoms with Crippen molar-refractivity contribution in [2.75, 3.05) is 5.75 Å². The van der Waals surface area contributed by atoms with E-state index in [1.54, 1.807) is 16.7 Å². The van der Waals surface area contributed by atoms with Crippen LogP contribution >= 0.6 is 23.4 Å². The summed E-state index contributed by atoms with van der Waals surface area (Å²) in [5.41, 5.74) is 2.10. The van der Waals surface area contributed by atoms with E-state index in [1.807, 2.05) is 61.5 Å². The van der Waals surface area contributed by atoms with E-state index in [0.29, 0.717) is 23.1 Å². The van der Waals surface area contributed by atoms with Gasteiger partial charge in [-0.15, -0.1) is 11.8 Å². The van der Waals surface area contributed by atoms with Crippen LogP contribution in [0.1, 0.15) is 43.7 Å². The Morgan fingerprint density at radius 2 is 1.80 bits per heavy atom. The Bertz CT molecular complexity index is 840. The smallest absolute Gasteiger partial charge is 0.242 e. The zero-order chi connectivity index (χ0) is 21.3. The quantitative estimate of drug-likeness (QED) is 0.588. The van der Waals surface area contributed by atoms with Gasteiger partial charge in [0, 0.05) is 23.4 Å². The van der Waals surface area contributed by atoms with Crippen molar-refractivity contribution in [1.29, 1.82) is 0 Å². The number of nitrogens with one attached hydrogen (secondary N) is 1. The molecular formula is C24H29ClN2O2S. The number of thioether (sulfide) groups is 1. The molecule has 1 aliphatic rings. The molecule has 1 atom stereocenters. The third-order valence-electron chi connectivity index (χ3n) is 5.45. The molecule has 3 rings (SSSR count). The Morgan fingerprint density at radius 3 is 2.50 bits per heavy atom. The van der Waals surface area contributed by atoms with Gasteiger partial charge in [-0.05, 0) is 43.0 Å². The van der Waals surface area contributed by atoms with E-state index in [1.165, 1.54) is 0 Å². The Balaban J connectivity index is 1.63. The lowest BCUT2D eigenvalue weighted by molar-refractivity contribution is -0.138. The molecule has 0 heterocycles. The summed E-state index contributed by atoms with van der Waals surface area (Å²) in [5, 5.41) is 3.83. The summed E-state index contributed by atoms with van der Waals surface area (Å²) in [6.07, 6.45) is 4.37. The molecule has 160 valence electrons. The van der Waals surface area contributed by atoms with Gasteiger partial charge in [-0.25, -0.2) is 0 Å². The first-order valence-electron chi connectivity index (χ1n) is 10.5. The molecule has 0 aliphatic heterocycles. The van der Waals surface area contributed by atoms with Crippen molar-refractivity contribution in [2.24, 2.45) is 0 Å². The van der Waals surface area contributed by atoms with E-state index in [2.05, 4.69) is 5.32 Å². The van der Waals surface area contributed by atoms with E-state index < -0.39 is 6.04 Å². The van der Waals surface area contributed by atoms with E-state index in [-0.39, 0.29) is 17.9 Å². The van der Waals surface area contributed by atoms with Gasteiger partial charge in [0.1, 0.15) is 6.04 Å². The molecule has 1 fully saturated rings. The van der Waals surface area contributed by atoms with Crippen molar-refractivity contribution < 1.29 is 9.59 Å². The first-order chi connectivity index (χ1) is 14.5. The second kappa shape index (κ2) is 11.4. The van der Waals surface area contributed by atoms with E-state index >= 15 is 0 Å². The van der Waals surface area contributed by atoms with Crippen LogP contribution in [0.4, 0.5) is 0 Å². The van der Waals surface area contributed by atoms with Crippen molar-refractivity contribution in [3.63, 3.8) is 0 Å². The molecule has 2 aromatic rings. The average molecular weight is 445 g/mol. The number of carbonyl (C=O) groups excluding carboxylic acids is 2. The molecule has 1 aliphatic carbocycles. The summed E-state index contributed by atoms with van der Waals surface area (Å²) in [5.74, 6) is 0.931. The highest BCUT2D eigenvalue weighted by Gasteiger charge is 2.28. The molecule has 30 heavy (non-hydrogen) atoms. The topological polar surface area (TPSA) is 49.4 Å². The lowest BCUT2D eigenvalue weighted by Crippen LogP contribution is -2.50. The summed E-state index contributed by atoms with van der Waals surface area (Å²) < 4.78 is 0. The molecule has 6 heteroatoms. The molecule has 1 unspecified atom stereocenters. The van der Waals surface area contributed by atoms with Crippen LogP contribution in [0.3, 0.4) is 0 Å². The molecule has 0 spiro atoms. The van der Waals surface area contributed by atoms with Crippen molar-refractivity contribution in [3.05, 3.63) is 70.7 Å². The van der Waals surface area contributed by atoms with Gasteiger partial charge in [-0.2, -0.15) is 0 Å². The molecule has 0 aromatic heterocycles. The van der Waals surface area contributed by atoms with Gasteiger partial charge < -0.3 is 10.2 Å². The molecule has 0 bridgehead atoms. The van der Waals surface area contributed by atoms with Crippen molar-refractivity contribution in [1.82, 2.24) is 10.2 Å². The number of amides is 2. The molecule has 4 nitrogen and oxygen atoms in total. The summed E-state index contributed by atoms with van der Waals surface area (Å²) in [6.45, 7) is 2.25. The van der Waals surface area contributed by atoms with Gasteiger partial charge in [0.05, 0.1) is 5.75 Å². The standard InChI is InChI=1S/C24H29ClN2O2S/c1-18(24(29)26-22-12-5-6-13-22)27(15-19-8-3-2-4-9-19)23(28)17-30-16-20-10-7-11-21(25)14-20/h2-4,7-11,14,18,22H,5-6,12-13,15-17H2,1H3,(H,26,29). The highest BCUT2D eigenvalue weighted by Crippen LogP contribution is 2.20. The van der Waals surface area contributed by atoms with Crippen molar-refractivity contribution >= 4 is 35.2 Å². The van der Waals surface area contributed by atoms with Gasteiger partial charge in [0.15, 0.2) is 0 Å². The number of nitrogens with zero attached hydrogens (tertiary/aromatic N) is 1. The van der Waals surface area contributed by atoms with E-state index in [9.17, 15) is 9.59 Å². The average Bonchev–Trinajstić information content (AvgIpc) is 3.25. The second-order valence-corrected chi connectivity index (χ2v) is 9.22. The summed E-state index contributed by atoms with van der Waals surface area (Å²) in [6, 6.07) is 17.2. The lowest BCUT2D eigenvalue weighted by Gasteiger charge is -2.29. The predicted octanol–water partition coefficient (Wildman–Crippen LogP) is 5.05. The van der Waals surface area contributed by atoms with Crippen LogP contribution in [0.2, 0.25) is 5.02 Å². The maximum Gasteiger partial charge on any atom is 0.242 e. The first-order valence-corrected chi connectivity index (χ1v) is 12.0. The fourth-order valence-electron chi connectivity index (χ4n) is 3.72. The minimum atomic E-state index is -0.509. The number of carbonyl (C=O) groups is 2. The second-order valence-electron chi connectivity index (χ2n) is 7.80. The Morgan fingerprint density at radius 1 is 1.10 bits per heavy atom. The molecular weight excluding hydrogens is 416 g/mol. The predicted molar refractivity (Wildman–Crippen MR) is 124 cm³/mol. The highest BCUT2D eigenvalue weighted by atomic mass is 35.5. The van der Waals surface area contributed by atoms with Gasteiger partial charge in [-0.1, -0.05) is 66.9 Å². The maximum absolute atomic E-state index is 13.1. The van der Waals surface area contributed by atoms with Crippen molar-refractivity contribution in [2.45, 2.75) is 57.0 Å². The first kappa shape index (κ1) is 22.7. The largest absolute Gasteiger partial charge is 0.352 e. The zero-order valence-corrected chi connectivity index (χ0v) is 18.9. The van der Waals surface area contributed by atoms with Crippen LogP contribution in [0.15, 0.2) is 54.6 Å². The van der Waals surface area contributed by atoms with Crippen LogP contribution in [-0.2, 0) is 21.9 Å². The Hall–Kier alpha value is -1.98. The zero-order valence-electron chi connectivity index (χ0n) is 17.4. The van der Waals surface area contributed by atoms with Gasteiger partial charge in [-0.3, -0.25) is 9.59 Å². The molecule has 0 saturated heterocycles. The number of rotatable bonds is 9. The van der Waals surface area contributed by atoms with Gasteiger partial charge in [0.2, 0.25) is 11.8 Å². The molecule has 1 saturated carbocycles.